The predicted molar refractivity (Wildman–Crippen MR) is 122 cm³/mol. The third-order valence-corrected chi connectivity index (χ3v) is 8.26. The zero-order valence-electron chi connectivity index (χ0n) is 18.3. The average Bonchev–Trinajstić information content (AvgIpc) is 2.72. The third-order valence-electron chi connectivity index (χ3n) is 6.05. The Morgan fingerprint density at radius 3 is 2.26 bits per heavy atom. The van der Waals surface area contributed by atoms with Crippen LogP contribution in [0.25, 0.3) is 10.9 Å². The molecule has 0 amide bonds. The van der Waals surface area contributed by atoms with Gasteiger partial charge in [0.25, 0.3) is 5.56 Å². The van der Waals surface area contributed by atoms with E-state index in [1.54, 1.807) is 10.4 Å². The normalized spacial score (nSPS) is 17.2. The second kappa shape index (κ2) is 8.18. The molecule has 31 heavy (non-hydrogen) atoms. The molecule has 0 radical (unpaired) electrons. The Balaban J connectivity index is 1.53. The molecule has 2 heterocycles. The Morgan fingerprint density at radius 2 is 1.61 bits per heavy atom. The number of para-hydroxylation sites is 1. The van der Waals surface area contributed by atoms with Crippen LogP contribution >= 0.6 is 0 Å². The first-order chi connectivity index (χ1) is 14.7. The van der Waals surface area contributed by atoms with E-state index in [-0.39, 0.29) is 11.6 Å². The Kier molecular flexibility index (Phi) is 5.72. The molecule has 2 aromatic carbocycles. The van der Waals surface area contributed by atoms with Gasteiger partial charge in [-0.25, -0.2) is 13.4 Å². The monoisotopic (exact) mass is 440 g/mol. The summed E-state index contributed by atoms with van der Waals surface area (Å²) in [6, 6.07) is 11.0. The number of hydrogen-bond donors (Lipinski definition) is 1. The van der Waals surface area contributed by atoms with E-state index in [1.807, 2.05) is 58.0 Å². The van der Waals surface area contributed by atoms with Gasteiger partial charge < -0.3 is 4.98 Å². The van der Waals surface area contributed by atoms with Crippen LogP contribution in [-0.4, -0.2) is 53.8 Å². The van der Waals surface area contributed by atoms with Crippen molar-refractivity contribution in [2.45, 2.75) is 38.6 Å². The summed E-state index contributed by atoms with van der Waals surface area (Å²) < 4.78 is 28.2. The number of nitrogens with one attached hydrogen (secondary N) is 1. The van der Waals surface area contributed by atoms with Gasteiger partial charge in [-0.1, -0.05) is 29.8 Å². The fourth-order valence-electron chi connectivity index (χ4n) is 4.51. The van der Waals surface area contributed by atoms with Gasteiger partial charge in [0.2, 0.25) is 10.0 Å². The molecule has 0 saturated carbocycles. The Morgan fingerprint density at radius 1 is 1.00 bits per heavy atom. The lowest BCUT2D eigenvalue weighted by atomic mass is 10.1. The lowest BCUT2D eigenvalue weighted by Gasteiger charge is -2.37. The average molecular weight is 441 g/mol. The highest BCUT2D eigenvalue weighted by Crippen LogP contribution is 2.27. The molecule has 0 bridgehead atoms. The van der Waals surface area contributed by atoms with E-state index in [0.717, 1.165) is 16.7 Å². The van der Waals surface area contributed by atoms with E-state index in [4.69, 9.17) is 0 Å². The molecule has 0 aliphatic carbocycles. The van der Waals surface area contributed by atoms with Crippen LogP contribution in [0.1, 0.15) is 35.5 Å². The van der Waals surface area contributed by atoms with Gasteiger partial charge >= 0.3 is 0 Å². The topological polar surface area (TPSA) is 86.4 Å². The fourth-order valence-corrected chi connectivity index (χ4v) is 6.34. The largest absolute Gasteiger partial charge is 0.309 e. The van der Waals surface area contributed by atoms with Crippen molar-refractivity contribution in [2.24, 2.45) is 0 Å². The quantitative estimate of drug-likeness (QED) is 0.674. The maximum absolute atomic E-state index is 13.3. The zero-order chi connectivity index (χ0) is 22.3. The van der Waals surface area contributed by atoms with Crippen molar-refractivity contribution in [2.75, 3.05) is 26.2 Å². The van der Waals surface area contributed by atoms with Crippen LogP contribution < -0.4 is 5.56 Å². The molecule has 1 N–H and O–H groups in total. The molecule has 7 nitrogen and oxygen atoms in total. The summed E-state index contributed by atoms with van der Waals surface area (Å²) in [6.45, 7) is 9.61. The molecule has 1 fully saturated rings. The number of sulfonamides is 1. The smallest absolute Gasteiger partial charge is 0.258 e. The maximum atomic E-state index is 13.3. The summed E-state index contributed by atoms with van der Waals surface area (Å²) in [4.78, 5) is 22.5. The second-order valence-electron chi connectivity index (χ2n) is 8.31. The molecule has 8 heteroatoms. The minimum absolute atomic E-state index is 0.120. The van der Waals surface area contributed by atoms with Crippen LogP contribution in [0.5, 0.6) is 0 Å². The van der Waals surface area contributed by atoms with Crippen LogP contribution in [0.2, 0.25) is 0 Å². The number of fused-ring (bicyclic) bond motifs is 1. The van der Waals surface area contributed by atoms with Crippen LogP contribution in [0.4, 0.5) is 0 Å². The SMILES string of the molecule is Cc1cc(C)c(S(=O)(=O)N2CCN([C@@H](C)c3nc4ccccc4c(=O)[nH]3)CC2)c(C)c1. The van der Waals surface area contributed by atoms with E-state index < -0.39 is 10.0 Å². The predicted octanol–water partition coefficient (Wildman–Crippen LogP) is 2.92. The number of hydrogen-bond acceptors (Lipinski definition) is 5. The Hall–Kier alpha value is -2.55. The highest BCUT2D eigenvalue weighted by Gasteiger charge is 2.32. The van der Waals surface area contributed by atoms with Gasteiger partial charge in [-0.05, 0) is 51.0 Å². The molecule has 0 spiro atoms. The minimum atomic E-state index is -3.56. The highest BCUT2D eigenvalue weighted by atomic mass is 32.2. The molecule has 4 rings (SSSR count). The number of H-pyrrole nitrogens is 1. The fraction of sp³-hybridized carbons (Fsp3) is 0.391. The summed E-state index contributed by atoms with van der Waals surface area (Å²) >= 11 is 0. The number of rotatable bonds is 4. The highest BCUT2D eigenvalue weighted by molar-refractivity contribution is 7.89. The van der Waals surface area contributed by atoms with Crippen LogP contribution in [0.3, 0.4) is 0 Å². The van der Waals surface area contributed by atoms with Crippen molar-refractivity contribution >= 4 is 20.9 Å². The first kappa shape index (κ1) is 21.7. The molecular weight excluding hydrogens is 412 g/mol. The van der Waals surface area contributed by atoms with Crippen molar-refractivity contribution in [3.05, 3.63) is 69.3 Å². The molecule has 3 aromatic rings. The molecule has 1 atom stereocenters. The van der Waals surface area contributed by atoms with Crippen LogP contribution in [-0.2, 0) is 10.0 Å². The van der Waals surface area contributed by atoms with Gasteiger partial charge in [0, 0.05) is 26.2 Å². The van der Waals surface area contributed by atoms with Crippen LogP contribution in [0, 0.1) is 20.8 Å². The molecule has 164 valence electrons. The number of aromatic nitrogens is 2. The van der Waals surface area contributed by atoms with Crippen molar-refractivity contribution < 1.29 is 8.42 Å². The Bertz CT molecular complexity index is 1270. The van der Waals surface area contributed by atoms with E-state index in [0.29, 0.717) is 47.8 Å². The van der Waals surface area contributed by atoms with Crippen molar-refractivity contribution in [1.82, 2.24) is 19.2 Å². The number of aryl methyl sites for hydroxylation is 3. The third kappa shape index (κ3) is 4.03. The second-order valence-corrected chi connectivity index (χ2v) is 10.2. The maximum Gasteiger partial charge on any atom is 0.258 e. The van der Waals surface area contributed by atoms with Crippen LogP contribution in [0.15, 0.2) is 46.1 Å². The van der Waals surface area contributed by atoms with Gasteiger partial charge in [-0.15, -0.1) is 0 Å². The number of aromatic amines is 1. The molecule has 1 aliphatic rings. The first-order valence-electron chi connectivity index (χ1n) is 10.5. The number of nitrogens with zero attached hydrogens (tertiary/aromatic N) is 3. The zero-order valence-corrected chi connectivity index (χ0v) is 19.2. The molecular formula is C23H28N4O3S. The molecule has 1 saturated heterocycles. The van der Waals surface area contributed by atoms with Crippen molar-refractivity contribution in [1.29, 1.82) is 0 Å². The van der Waals surface area contributed by atoms with Crippen molar-refractivity contribution in [3.8, 4) is 0 Å². The first-order valence-corrected chi connectivity index (χ1v) is 11.9. The summed E-state index contributed by atoms with van der Waals surface area (Å²) in [6.07, 6.45) is 0. The lowest BCUT2D eigenvalue weighted by Crippen LogP contribution is -2.49. The minimum Gasteiger partial charge on any atom is -0.309 e. The van der Waals surface area contributed by atoms with E-state index in [1.165, 1.54) is 0 Å². The van der Waals surface area contributed by atoms with Gasteiger partial charge in [0.1, 0.15) is 5.82 Å². The van der Waals surface area contributed by atoms with Crippen molar-refractivity contribution in [3.63, 3.8) is 0 Å². The van der Waals surface area contributed by atoms with E-state index in [2.05, 4.69) is 14.9 Å². The van der Waals surface area contributed by atoms with Gasteiger partial charge in [0.05, 0.1) is 21.8 Å². The van der Waals surface area contributed by atoms with Gasteiger partial charge in [0.15, 0.2) is 0 Å². The Labute approximate surface area is 182 Å². The number of benzene rings is 2. The number of piperazine rings is 1. The standard InChI is InChI=1S/C23H28N4O3S/c1-15-13-16(2)21(17(3)14-15)31(29,30)27-11-9-26(10-12-27)18(4)22-24-20-8-6-5-7-19(20)23(28)25-22/h5-8,13-14,18H,9-12H2,1-4H3,(H,24,25,28)/t18-/m0/s1. The summed E-state index contributed by atoms with van der Waals surface area (Å²) in [5.41, 5.74) is 3.14. The van der Waals surface area contributed by atoms with Gasteiger partial charge in [-0.3, -0.25) is 9.69 Å². The molecule has 1 aliphatic heterocycles. The summed E-state index contributed by atoms with van der Waals surface area (Å²) in [5.74, 6) is 0.602. The molecule has 0 unspecified atom stereocenters. The summed E-state index contributed by atoms with van der Waals surface area (Å²) in [5, 5.41) is 0.568. The van der Waals surface area contributed by atoms with E-state index in [9.17, 15) is 13.2 Å². The molecule has 1 aromatic heterocycles. The lowest BCUT2D eigenvalue weighted by molar-refractivity contribution is 0.141. The van der Waals surface area contributed by atoms with E-state index >= 15 is 0 Å². The summed E-state index contributed by atoms with van der Waals surface area (Å²) in [7, 11) is -3.56. The van der Waals surface area contributed by atoms with Gasteiger partial charge in [-0.2, -0.15) is 4.31 Å².